The van der Waals surface area contributed by atoms with Crippen LogP contribution in [0.15, 0.2) is 36.7 Å². The molecule has 0 amide bonds. The van der Waals surface area contributed by atoms with Crippen LogP contribution in [0.25, 0.3) is 0 Å². The maximum absolute atomic E-state index is 5.96. The molecule has 0 aliphatic heterocycles. The summed E-state index contributed by atoms with van der Waals surface area (Å²) in [4.78, 5) is 0. The first-order valence-electron chi connectivity index (χ1n) is 6.79. The van der Waals surface area contributed by atoms with Crippen molar-refractivity contribution in [3.8, 4) is 5.75 Å². The largest absolute Gasteiger partial charge is 0.492 e. The third-order valence-corrected chi connectivity index (χ3v) is 3.22. The summed E-state index contributed by atoms with van der Waals surface area (Å²) in [6, 6.07) is 7.58. The number of ether oxygens (including phenoxy) is 1. The highest BCUT2D eigenvalue weighted by Gasteiger charge is 2.13. The molecule has 0 bridgehead atoms. The quantitative estimate of drug-likeness (QED) is 0.852. The van der Waals surface area contributed by atoms with E-state index >= 15 is 0 Å². The molecular formula is C15H20ClN3O. The smallest absolute Gasteiger partial charge is 0.120 e. The van der Waals surface area contributed by atoms with E-state index in [1.54, 1.807) is 4.68 Å². The van der Waals surface area contributed by atoms with Crippen LogP contribution in [0.2, 0.25) is 5.02 Å². The van der Waals surface area contributed by atoms with Crippen LogP contribution in [-0.4, -0.2) is 22.9 Å². The van der Waals surface area contributed by atoms with Crippen molar-refractivity contribution in [1.29, 1.82) is 0 Å². The number of hydrogen-bond acceptors (Lipinski definition) is 3. The molecule has 0 aliphatic rings. The average Bonchev–Trinajstić information content (AvgIpc) is 2.85. The van der Waals surface area contributed by atoms with Gasteiger partial charge in [0.15, 0.2) is 0 Å². The fraction of sp³-hybridized carbons (Fsp3) is 0.400. The number of halogens is 1. The highest BCUT2D eigenvalue weighted by atomic mass is 35.5. The van der Waals surface area contributed by atoms with E-state index in [0.717, 1.165) is 24.3 Å². The number of rotatable bonds is 7. The Labute approximate surface area is 124 Å². The Morgan fingerprint density at radius 2 is 2.30 bits per heavy atom. The molecule has 1 aromatic heterocycles. The Bertz CT molecular complexity index is 541. The van der Waals surface area contributed by atoms with Gasteiger partial charge in [0.05, 0.1) is 12.2 Å². The molecule has 4 nitrogen and oxygen atoms in total. The van der Waals surface area contributed by atoms with Gasteiger partial charge in [-0.15, -0.1) is 0 Å². The summed E-state index contributed by atoms with van der Waals surface area (Å²) >= 11 is 5.96. The van der Waals surface area contributed by atoms with Gasteiger partial charge in [-0.05, 0) is 31.2 Å². The number of nitrogens with one attached hydrogen (secondary N) is 1. The van der Waals surface area contributed by atoms with Crippen molar-refractivity contribution in [3.63, 3.8) is 0 Å². The van der Waals surface area contributed by atoms with Crippen molar-refractivity contribution < 1.29 is 4.74 Å². The molecule has 0 spiro atoms. The van der Waals surface area contributed by atoms with E-state index < -0.39 is 0 Å². The van der Waals surface area contributed by atoms with Crippen molar-refractivity contribution in [1.82, 2.24) is 15.1 Å². The highest BCUT2D eigenvalue weighted by molar-refractivity contribution is 6.30. The topological polar surface area (TPSA) is 39.1 Å². The van der Waals surface area contributed by atoms with Crippen LogP contribution in [0.3, 0.4) is 0 Å². The van der Waals surface area contributed by atoms with Gasteiger partial charge in [-0.3, -0.25) is 4.68 Å². The summed E-state index contributed by atoms with van der Waals surface area (Å²) in [5, 5.41) is 8.37. The second-order valence-corrected chi connectivity index (χ2v) is 5.16. The van der Waals surface area contributed by atoms with Gasteiger partial charge >= 0.3 is 0 Å². The minimum atomic E-state index is 0.127. The van der Waals surface area contributed by atoms with Gasteiger partial charge in [-0.1, -0.05) is 24.6 Å². The van der Waals surface area contributed by atoms with Crippen molar-refractivity contribution in [2.45, 2.75) is 19.4 Å². The van der Waals surface area contributed by atoms with Gasteiger partial charge in [0, 0.05) is 23.8 Å². The van der Waals surface area contributed by atoms with E-state index in [1.807, 2.05) is 43.7 Å². The van der Waals surface area contributed by atoms with Crippen LogP contribution in [-0.2, 0) is 7.05 Å². The molecule has 1 N–H and O–H groups in total. The summed E-state index contributed by atoms with van der Waals surface area (Å²) in [6.45, 7) is 3.63. The lowest BCUT2D eigenvalue weighted by atomic mass is 10.1. The molecule has 5 heteroatoms. The SMILES string of the molecule is CCCNC(COc1cccc(Cl)c1)c1cnn(C)c1. The van der Waals surface area contributed by atoms with Gasteiger partial charge in [0.25, 0.3) is 0 Å². The first kappa shape index (κ1) is 14.9. The lowest BCUT2D eigenvalue weighted by Gasteiger charge is -2.18. The Hall–Kier alpha value is -1.52. The normalized spacial score (nSPS) is 12.3. The summed E-state index contributed by atoms with van der Waals surface area (Å²) < 4.78 is 7.63. The third-order valence-electron chi connectivity index (χ3n) is 2.98. The van der Waals surface area contributed by atoms with Gasteiger partial charge < -0.3 is 10.1 Å². The summed E-state index contributed by atoms with van der Waals surface area (Å²) in [6.07, 6.45) is 4.96. The van der Waals surface area contributed by atoms with Crippen molar-refractivity contribution >= 4 is 11.6 Å². The predicted octanol–water partition coefficient (Wildman–Crippen LogP) is 3.19. The fourth-order valence-corrected chi connectivity index (χ4v) is 2.13. The van der Waals surface area contributed by atoms with E-state index in [2.05, 4.69) is 17.3 Å². The Morgan fingerprint density at radius 3 is 2.95 bits per heavy atom. The zero-order chi connectivity index (χ0) is 14.4. The van der Waals surface area contributed by atoms with Crippen LogP contribution in [0.1, 0.15) is 24.9 Å². The lowest BCUT2D eigenvalue weighted by Crippen LogP contribution is -2.27. The highest BCUT2D eigenvalue weighted by Crippen LogP contribution is 2.19. The standard InChI is InChI=1S/C15H20ClN3O/c1-3-7-17-15(12-9-18-19(2)10-12)11-20-14-6-4-5-13(16)8-14/h4-6,8-10,15,17H,3,7,11H2,1-2H3. The molecule has 1 heterocycles. The number of hydrogen-bond donors (Lipinski definition) is 1. The average molecular weight is 294 g/mol. The van der Waals surface area contributed by atoms with E-state index in [9.17, 15) is 0 Å². The van der Waals surface area contributed by atoms with Crippen LogP contribution in [0.5, 0.6) is 5.75 Å². The third kappa shape index (κ3) is 4.25. The molecule has 0 aliphatic carbocycles. The van der Waals surface area contributed by atoms with Gasteiger partial charge in [0.1, 0.15) is 12.4 Å². The second kappa shape index (κ2) is 7.31. The van der Waals surface area contributed by atoms with Crippen LogP contribution < -0.4 is 10.1 Å². The van der Waals surface area contributed by atoms with Crippen LogP contribution in [0, 0.1) is 0 Å². The number of aromatic nitrogens is 2. The Morgan fingerprint density at radius 1 is 1.45 bits per heavy atom. The minimum absolute atomic E-state index is 0.127. The van der Waals surface area contributed by atoms with Crippen molar-refractivity contribution in [3.05, 3.63) is 47.2 Å². The maximum atomic E-state index is 5.96. The summed E-state index contributed by atoms with van der Waals surface area (Å²) in [5.74, 6) is 0.782. The summed E-state index contributed by atoms with van der Waals surface area (Å²) in [5.41, 5.74) is 1.13. The molecule has 2 aromatic rings. The zero-order valence-corrected chi connectivity index (χ0v) is 12.6. The van der Waals surface area contributed by atoms with E-state index in [1.165, 1.54) is 0 Å². The molecule has 0 saturated carbocycles. The fourth-order valence-electron chi connectivity index (χ4n) is 1.95. The summed E-state index contributed by atoms with van der Waals surface area (Å²) in [7, 11) is 1.91. The Balaban J connectivity index is 2.00. The molecule has 0 radical (unpaired) electrons. The van der Waals surface area contributed by atoms with Gasteiger partial charge in [0.2, 0.25) is 0 Å². The molecule has 0 saturated heterocycles. The monoisotopic (exact) mass is 293 g/mol. The first-order chi connectivity index (χ1) is 9.69. The molecule has 1 aromatic carbocycles. The lowest BCUT2D eigenvalue weighted by molar-refractivity contribution is 0.266. The molecule has 108 valence electrons. The number of aryl methyl sites for hydroxylation is 1. The molecule has 0 fully saturated rings. The first-order valence-corrected chi connectivity index (χ1v) is 7.17. The van der Waals surface area contributed by atoms with Crippen molar-refractivity contribution in [2.24, 2.45) is 7.05 Å². The molecular weight excluding hydrogens is 274 g/mol. The van der Waals surface area contributed by atoms with Gasteiger partial charge in [-0.2, -0.15) is 5.10 Å². The zero-order valence-electron chi connectivity index (χ0n) is 11.8. The maximum Gasteiger partial charge on any atom is 0.120 e. The Kier molecular flexibility index (Phi) is 5.44. The van der Waals surface area contributed by atoms with Crippen LogP contribution in [0.4, 0.5) is 0 Å². The van der Waals surface area contributed by atoms with Gasteiger partial charge in [-0.25, -0.2) is 0 Å². The van der Waals surface area contributed by atoms with E-state index in [0.29, 0.717) is 11.6 Å². The molecule has 2 rings (SSSR count). The second-order valence-electron chi connectivity index (χ2n) is 4.72. The predicted molar refractivity (Wildman–Crippen MR) is 81.2 cm³/mol. The van der Waals surface area contributed by atoms with E-state index in [-0.39, 0.29) is 6.04 Å². The minimum Gasteiger partial charge on any atom is -0.492 e. The van der Waals surface area contributed by atoms with Crippen molar-refractivity contribution in [2.75, 3.05) is 13.2 Å². The molecule has 1 unspecified atom stereocenters. The van der Waals surface area contributed by atoms with Crippen LogP contribution >= 0.6 is 11.6 Å². The molecule has 20 heavy (non-hydrogen) atoms. The molecule has 1 atom stereocenters. The van der Waals surface area contributed by atoms with E-state index in [4.69, 9.17) is 16.3 Å². The number of nitrogens with zero attached hydrogens (tertiary/aromatic N) is 2. The number of benzene rings is 1.